The highest BCUT2D eigenvalue weighted by Crippen LogP contribution is 2.19. The Morgan fingerprint density at radius 2 is 2.08 bits per heavy atom. The van der Waals surface area contributed by atoms with Crippen molar-refractivity contribution in [3.63, 3.8) is 0 Å². The number of nitrogens with one attached hydrogen (secondary N) is 2. The Hall–Kier alpha value is -2.31. The molecule has 0 spiro atoms. The number of furan rings is 1. The van der Waals surface area contributed by atoms with Gasteiger partial charge in [0.15, 0.2) is 0 Å². The normalized spacial score (nSPS) is 13.3. The molecule has 0 radical (unpaired) electrons. The van der Waals surface area contributed by atoms with E-state index in [1.165, 1.54) is 6.26 Å². The molecule has 6 heteroatoms. The molecule has 0 fully saturated rings. The van der Waals surface area contributed by atoms with Gasteiger partial charge in [-0.2, -0.15) is 0 Å². The van der Waals surface area contributed by atoms with E-state index < -0.39 is 6.10 Å². The number of benzene rings is 1. The average Bonchev–Trinajstić information content (AvgIpc) is 3.08. The molecule has 1 heterocycles. The summed E-state index contributed by atoms with van der Waals surface area (Å²) < 4.78 is 10.6. The maximum absolute atomic E-state index is 12.1. The molecule has 1 aromatic heterocycles. The molecule has 2 aromatic rings. The van der Waals surface area contributed by atoms with E-state index in [2.05, 4.69) is 10.6 Å². The maximum Gasteiger partial charge on any atom is 0.319 e. The van der Waals surface area contributed by atoms with E-state index in [4.69, 9.17) is 9.15 Å². The van der Waals surface area contributed by atoms with Crippen LogP contribution in [0.15, 0.2) is 47.1 Å². The average molecular weight is 332 g/mol. The fourth-order valence-corrected chi connectivity index (χ4v) is 2.35. The lowest BCUT2D eigenvalue weighted by molar-refractivity contribution is 0.130. The van der Waals surface area contributed by atoms with Crippen molar-refractivity contribution in [2.75, 3.05) is 11.9 Å². The highest BCUT2D eigenvalue weighted by Gasteiger charge is 2.16. The van der Waals surface area contributed by atoms with Crippen LogP contribution < -0.4 is 10.6 Å². The van der Waals surface area contributed by atoms with Gasteiger partial charge in [0.25, 0.3) is 0 Å². The van der Waals surface area contributed by atoms with Crippen LogP contribution in [0.3, 0.4) is 0 Å². The number of hydrogen-bond donors (Lipinski definition) is 3. The monoisotopic (exact) mass is 332 g/mol. The van der Waals surface area contributed by atoms with E-state index in [0.29, 0.717) is 31.1 Å². The van der Waals surface area contributed by atoms with Crippen LogP contribution in [0.2, 0.25) is 0 Å². The summed E-state index contributed by atoms with van der Waals surface area (Å²) in [4.78, 5) is 12.1. The second-order valence-electron chi connectivity index (χ2n) is 5.56. The second-order valence-corrected chi connectivity index (χ2v) is 5.56. The summed E-state index contributed by atoms with van der Waals surface area (Å²) in [5.41, 5.74) is 1.63. The van der Waals surface area contributed by atoms with Gasteiger partial charge in [0.05, 0.1) is 12.9 Å². The van der Waals surface area contributed by atoms with Gasteiger partial charge >= 0.3 is 6.03 Å². The minimum atomic E-state index is -0.749. The molecule has 0 aliphatic heterocycles. The van der Waals surface area contributed by atoms with Gasteiger partial charge in [-0.05, 0) is 32.0 Å². The number of aliphatic hydroxyl groups is 1. The number of para-hydroxylation sites is 1. The SMILES string of the molecule is CCOCc1ccccc1NC(=O)NC(C)CC(O)c1ccco1. The van der Waals surface area contributed by atoms with Crippen LogP contribution in [0.1, 0.15) is 37.7 Å². The third-order valence-electron chi connectivity index (χ3n) is 3.55. The third kappa shape index (κ3) is 5.40. The number of urea groups is 1. The first-order chi connectivity index (χ1) is 11.6. The van der Waals surface area contributed by atoms with Crippen molar-refractivity contribution < 1.29 is 19.1 Å². The Kier molecular flexibility index (Phi) is 6.84. The zero-order valence-electron chi connectivity index (χ0n) is 14.0. The molecule has 0 bridgehead atoms. The van der Waals surface area contributed by atoms with Crippen molar-refractivity contribution in [2.45, 2.75) is 39.0 Å². The van der Waals surface area contributed by atoms with Gasteiger partial charge in [-0.1, -0.05) is 18.2 Å². The number of carbonyl (C=O) groups is 1. The van der Waals surface area contributed by atoms with Crippen LogP contribution in [0.25, 0.3) is 0 Å². The summed E-state index contributed by atoms with van der Waals surface area (Å²) in [5, 5.41) is 15.7. The molecule has 2 unspecified atom stereocenters. The molecule has 3 N–H and O–H groups in total. The van der Waals surface area contributed by atoms with Crippen molar-refractivity contribution in [1.29, 1.82) is 0 Å². The molecular formula is C18H24N2O4. The smallest absolute Gasteiger partial charge is 0.319 e. The molecular weight excluding hydrogens is 308 g/mol. The summed E-state index contributed by atoms with van der Waals surface area (Å²) in [6.07, 6.45) is 1.13. The summed E-state index contributed by atoms with van der Waals surface area (Å²) >= 11 is 0. The molecule has 2 amide bonds. The molecule has 0 aliphatic rings. The number of carbonyl (C=O) groups excluding carboxylic acids is 1. The number of amides is 2. The van der Waals surface area contributed by atoms with E-state index in [9.17, 15) is 9.90 Å². The van der Waals surface area contributed by atoms with E-state index in [1.807, 2.05) is 38.1 Å². The van der Waals surface area contributed by atoms with Gasteiger partial charge in [-0.3, -0.25) is 0 Å². The van der Waals surface area contributed by atoms with Crippen molar-refractivity contribution >= 4 is 11.7 Å². The molecule has 0 saturated heterocycles. The van der Waals surface area contributed by atoms with Gasteiger partial charge in [-0.15, -0.1) is 0 Å². The fourth-order valence-electron chi connectivity index (χ4n) is 2.35. The predicted molar refractivity (Wildman–Crippen MR) is 91.7 cm³/mol. The van der Waals surface area contributed by atoms with Gasteiger partial charge in [0, 0.05) is 30.3 Å². The fraction of sp³-hybridized carbons (Fsp3) is 0.389. The van der Waals surface area contributed by atoms with Crippen LogP contribution in [-0.4, -0.2) is 23.8 Å². The van der Waals surface area contributed by atoms with Crippen molar-refractivity contribution in [3.8, 4) is 0 Å². The third-order valence-corrected chi connectivity index (χ3v) is 3.55. The quantitative estimate of drug-likeness (QED) is 0.691. The molecule has 1 aromatic carbocycles. The van der Waals surface area contributed by atoms with Crippen molar-refractivity contribution in [3.05, 3.63) is 54.0 Å². The van der Waals surface area contributed by atoms with E-state index >= 15 is 0 Å². The molecule has 0 saturated carbocycles. The van der Waals surface area contributed by atoms with Crippen LogP contribution >= 0.6 is 0 Å². The molecule has 24 heavy (non-hydrogen) atoms. The number of aliphatic hydroxyl groups excluding tert-OH is 1. The minimum absolute atomic E-state index is 0.218. The van der Waals surface area contributed by atoms with E-state index in [0.717, 1.165) is 5.56 Å². The number of hydrogen-bond acceptors (Lipinski definition) is 4. The van der Waals surface area contributed by atoms with Crippen LogP contribution in [-0.2, 0) is 11.3 Å². The zero-order valence-corrected chi connectivity index (χ0v) is 14.0. The Morgan fingerprint density at radius 3 is 2.79 bits per heavy atom. The van der Waals surface area contributed by atoms with Gasteiger partial charge in [0.1, 0.15) is 11.9 Å². The molecule has 2 rings (SSSR count). The summed E-state index contributed by atoms with van der Waals surface area (Å²) in [7, 11) is 0. The van der Waals surface area contributed by atoms with Crippen LogP contribution in [0.4, 0.5) is 10.5 Å². The lowest BCUT2D eigenvalue weighted by Crippen LogP contribution is -2.37. The number of ether oxygens (including phenoxy) is 1. The molecule has 130 valence electrons. The Labute approximate surface area is 141 Å². The standard InChI is InChI=1S/C18H24N2O4/c1-3-23-12-14-7-4-5-8-15(14)20-18(22)19-13(2)11-16(21)17-9-6-10-24-17/h4-10,13,16,21H,3,11-12H2,1-2H3,(H2,19,20,22). The van der Waals surface area contributed by atoms with E-state index in [-0.39, 0.29) is 12.1 Å². The predicted octanol–water partition coefficient (Wildman–Crippen LogP) is 3.45. The molecule has 2 atom stereocenters. The van der Waals surface area contributed by atoms with Gasteiger partial charge in [0.2, 0.25) is 0 Å². The number of anilines is 1. The summed E-state index contributed by atoms with van der Waals surface area (Å²) in [5.74, 6) is 0.492. The van der Waals surface area contributed by atoms with Gasteiger partial charge < -0.3 is 24.9 Å². The van der Waals surface area contributed by atoms with Crippen molar-refractivity contribution in [1.82, 2.24) is 5.32 Å². The summed E-state index contributed by atoms with van der Waals surface area (Å²) in [6.45, 7) is 4.81. The Balaban J connectivity index is 1.86. The first kappa shape index (κ1) is 18.0. The maximum atomic E-state index is 12.1. The first-order valence-electron chi connectivity index (χ1n) is 8.04. The highest BCUT2D eigenvalue weighted by atomic mass is 16.5. The Bertz CT molecular complexity index is 628. The lowest BCUT2D eigenvalue weighted by Gasteiger charge is -2.18. The summed E-state index contributed by atoms with van der Waals surface area (Å²) in [6, 6.07) is 10.4. The second kappa shape index (κ2) is 9.10. The van der Waals surface area contributed by atoms with Crippen LogP contribution in [0.5, 0.6) is 0 Å². The Morgan fingerprint density at radius 1 is 1.29 bits per heavy atom. The van der Waals surface area contributed by atoms with Gasteiger partial charge in [-0.25, -0.2) is 4.79 Å². The highest BCUT2D eigenvalue weighted by molar-refractivity contribution is 5.90. The molecule has 0 aliphatic carbocycles. The van der Waals surface area contributed by atoms with Crippen LogP contribution in [0, 0.1) is 0 Å². The lowest BCUT2D eigenvalue weighted by atomic mass is 10.1. The largest absolute Gasteiger partial charge is 0.467 e. The number of rotatable bonds is 8. The minimum Gasteiger partial charge on any atom is -0.467 e. The topological polar surface area (TPSA) is 83.7 Å². The molecule has 6 nitrogen and oxygen atoms in total. The first-order valence-corrected chi connectivity index (χ1v) is 8.04. The zero-order chi connectivity index (χ0) is 17.4. The van der Waals surface area contributed by atoms with Crippen molar-refractivity contribution in [2.24, 2.45) is 0 Å². The van der Waals surface area contributed by atoms with E-state index in [1.54, 1.807) is 12.1 Å².